The van der Waals surface area contributed by atoms with Crippen molar-refractivity contribution in [1.29, 1.82) is 0 Å². The second-order valence-corrected chi connectivity index (χ2v) is 8.36. The molecule has 3 aromatic carbocycles. The number of pyridine rings is 1. The topological polar surface area (TPSA) is 80.8 Å². The molecule has 1 atom stereocenters. The Bertz CT molecular complexity index is 1270. The van der Waals surface area contributed by atoms with Crippen molar-refractivity contribution in [1.82, 2.24) is 15.2 Å². The van der Waals surface area contributed by atoms with Crippen LogP contribution in [0.15, 0.2) is 109 Å². The van der Waals surface area contributed by atoms with Gasteiger partial charge in [0.2, 0.25) is 5.91 Å². The number of nitrogens with one attached hydrogen (secondary N) is 1. The molecule has 37 heavy (non-hydrogen) atoms. The smallest absolute Gasteiger partial charge is 0.261 e. The number of carbonyl (C=O) groups is 2. The number of methoxy groups -OCH3 is 1. The fourth-order valence-corrected chi connectivity index (χ4v) is 3.89. The first-order valence-corrected chi connectivity index (χ1v) is 12.0. The third-order valence-corrected chi connectivity index (χ3v) is 5.83. The van der Waals surface area contributed by atoms with Crippen LogP contribution in [-0.2, 0) is 22.7 Å². The van der Waals surface area contributed by atoms with Crippen LogP contribution in [0.25, 0.3) is 0 Å². The van der Waals surface area contributed by atoms with E-state index in [0.717, 1.165) is 11.1 Å². The van der Waals surface area contributed by atoms with Gasteiger partial charge in [0.25, 0.3) is 5.91 Å². The van der Waals surface area contributed by atoms with Crippen molar-refractivity contribution >= 4 is 11.8 Å². The van der Waals surface area contributed by atoms with Gasteiger partial charge in [-0.1, -0.05) is 60.7 Å². The van der Waals surface area contributed by atoms with Gasteiger partial charge >= 0.3 is 0 Å². The molecule has 1 heterocycles. The van der Waals surface area contributed by atoms with Crippen LogP contribution < -0.4 is 14.8 Å². The van der Waals surface area contributed by atoms with Crippen molar-refractivity contribution in [3.05, 3.63) is 126 Å². The average molecular weight is 496 g/mol. The Balaban J connectivity index is 1.63. The molecule has 0 aliphatic carbocycles. The molecule has 1 aromatic heterocycles. The van der Waals surface area contributed by atoms with E-state index >= 15 is 0 Å². The molecule has 0 saturated heterocycles. The molecule has 0 aliphatic heterocycles. The molecule has 7 nitrogen and oxygen atoms in total. The zero-order valence-corrected chi connectivity index (χ0v) is 20.6. The van der Waals surface area contributed by atoms with Crippen molar-refractivity contribution in [2.45, 2.75) is 19.1 Å². The van der Waals surface area contributed by atoms with Crippen LogP contribution in [0.5, 0.6) is 11.5 Å². The largest absolute Gasteiger partial charge is 0.497 e. The predicted molar refractivity (Wildman–Crippen MR) is 141 cm³/mol. The van der Waals surface area contributed by atoms with Gasteiger partial charge in [0, 0.05) is 25.5 Å². The maximum Gasteiger partial charge on any atom is 0.261 e. The molecule has 4 rings (SSSR count). The molecule has 0 unspecified atom stereocenters. The number of ether oxygens (including phenoxy) is 2. The molecule has 188 valence electrons. The number of carbonyl (C=O) groups excluding carboxylic acids is 2. The molecule has 1 N–H and O–H groups in total. The molecule has 7 heteroatoms. The zero-order valence-electron chi connectivity index (χ0n) is 20.6. The summed E-state index contributed by atoms with van der Waals surface area (Å²) in [5.74, 6) is 0.694. The summed E-state index contributed by atoms with van der Waals surface area (Å²) < 4.78 is 11.0. The first-order chi connectivity index (χ1) is 18.1. The van der Waals surface area contributed by atoms with Gasteiger partial charge in [-0.2, -0.15) is 0 Å². The van der Waals surface area contributed by atoms with E-state index in [9.17, 15) is 9.59 Å². The number of hydrogen-bond donors (Lipinski definition) is 1. The van der Waals surface area contributed by atoms with Gasteiger partial charge in [0.05, 0.1) is 7.11 Å². The second kappa shape index (κ2) is 12.9. The maximum atomic E-state index is 13.6. The van der Waals surface area contributed by atoms with Gasteiger partial charge in [-0.3, -0.25) is 14.6 Å². The van der Waals surface area contributed by atoms with Gasteiger partial charge in [0.15, 0.2) is 6.61 Å². The second-order valence-electron chi connectivity index (χ2n) is 8.36. The van der Waals surface area contributed by atoms with Crippen LogP contribution in [0.2, 0.25) is 0 Å². The molecule has 0 saturated carbocycles. The molecule has 4 aromatic rings. The van der Waals surface area contributed by atoms with Gasteiger partial charge in [0.1, 0.15) is 17.5 Å². The number of benzene rings is 3. The van der Waals surface area contributed by atoms with Crippen LogP contribution in [0.3, 0.4) is 0 Å². The number of amides is 2. The Morgan fingerprint density at radius 2 is 1.46 bits per heavy atom. The molecule has 0 radical (unpaired) electrons. The lowest BCUT2D eigenvalue weighted by Crippen LogP contribution is -2.45. The van der Waals surface area contributed by atoms with Crippen LogP contribution in [0.4, 0.5) is 0 Å². The Kier molecular flexibility index (Phi) is 8.86. The fraction of sp³-hybridized carbons (Fsp3) is 0.167. The summed E-state index contributed by atoms with van der Waals surface area (Å²) >= 11 is 0. The minimum atomic E-state index is -0.864. The average Bonchev–Trinajstić information content (AvgIpc) is 2.96. The number of nitrogens with zero attached hydrogens (tertiary/aromatic N) is 2. The highest BCUT2D eigenvalue weighted by molar-refractivity contribution is 5.89. The Morgan fingerprint density at radius 1 is 0.811 bits per heavy atom. The third-order valence-electron chi connectivity index (χ3n) is 5.83. The maximum absolute atomic E-state index is 13.6. The highest BCUT2D eigenvalue weighted by Crippen LogP contribution is 2.25. The van der Waals surface area contributed by atoms with E-state index in [-0.39, 0.29) is 25.0 Å². The third kappa shape index (κ3) is 7.18. The Hall–Kier alpha value is -4.65. The molecule has 0 spiro atoms. The molecule has 0 bridgehead atoms. The zero-order chi connectivity index (χ0) is 25.9. The summed E-state index contributed by atoms with van der Waals surface area (Å²) in [5, 5.41) is 2.99. The van der Waals surface area contributed by atoms with Gasteiger partial charge in [-0.05, 0) is 53.1 Å². The van der Waals surface area contributed by atoms with E-state index in [1.54, 1.807) is 36.5 Å². The molecule has 2 amide bonds. The van der Waals surface area contributed by atoms with Crippen LogP contribution in [0.1, 0.15) is 22.7 Å². The minimum Gasteiger partial charge on any atom is -0.497 e. The van der Waals surface area contributed by atoms with E-state index in [2.05, 4.69) is 10.3 Å². The van der Waals surface area contributed by atoms with Gasteiger partial charge in [-0.15, -0.1) is 0 Å². The normalized spacial score (nSPS) is 11.3. The van der Waals surface area contributed by atoms with Gasteiger partial charge < -0.3 is 19.7 Å². The Labute approximate surface area is 216 Å². The van der Waals surface area contributed by atoms with Crippen LogP contribution in [0, 0.1) is 0 Å². The highest BCUT2D eigenvalue weighted by Gasteiger charge is 2.31. The van der Waals surface area contributed by atoms with Crippen molar-refractivity contribution < 1.29 is 19.1 Å². The number of para-hydroxylation sites is 1. The summed E-state index contributed by atoms with van der Waals surface area (Å²) in [7, 11) is 1.60. The summed E-state index contributed by atoms with van der Waals surface area (Å²) in [6.45, 7) is 0.320. The first-order valence-electron chi connectivity index (χ1n) is 12.0. The molecular weight excluding hydrogens is 466 g/mol. The van der Waals surface area contributed by atoms with E-state index in [1.807, 2.05) is 84.9 Å². The highest BCUT2D eigenvalue weighted by atomic mass is 16.5. The molecular formula is C30H29N3O4. The molecule has 0 fully saturated rings. The minimum absolute atomic E-state index is 0.207. The fourth-order valence-electron chi connectivity index (χ4n) is 3.89. The van der Waals surface area contributed by atoms with E-state index in [1.165, 1.54) is 0 Å². The van der Waals surface area contributed by atoms with Crippen LogP contribution >= 0.6 is 0 Å². The first kappa shape index (κ1) is 25.4. The predicted octanol–water partition coefficient (Wildman–Crippen LogP) is 4.56. The Morgan fingerprint density at radius 3 is 2.11 bits per heavy atom. The van der Waals surface area contributed by atoms with Crippen molar-refractivity contribution in [3.8, 4) is 11.5 Å². The summed E-state index contributed by atoms with van der Waals surface area (Å²) in [5.41, 5.74) is 2.48. The lowest BCUT2D eigenvalue weighted by molar-refractivity contribution is -0.143. The SMILES string of the molecule is COc1ccc(CN(C(=O)COc2ccccc2)[C@@H](C(=O)NCc2ccncc2)c2ccccc2)cc1. The van der Waals surface area contributed by atoms with Crippen LogP contribution in [-0.4, -0.2) is 35.4 Å². The lowest BCUT2D eigenvalue weighted by Gasteiger charge is -2.31. The van der Waals surface area contributed by atoms with Crippen molar-refractivity contribution in [2.75, 3.05) is 13.7 Å². The standard InChI is InChI=1S/C30H29N3O4/c1-36-26-14-12-24(13-15-26)21-33(28(34)22-37-27-10-6-3-7-11-27)29(25-8-4-2-5-9-25)30(35)32-20-23-16-18-31-19-17-23/h2-19,29H,20-22H2,1H3,(H,32,35)/t29-/m1/s1. The van der Waals surface area contributed by atoms with Crippen molar-refractivity contribution in [3.63, 3.8) is 0 Å². The molecule has 0 aliphatic rings. The van der Waals surface area contributed by atoms with E-state index in [0.29, 0.717) is 23.6 Å². The monoisotopic (exact) mass is 495 g/mol. The number of rotatable bonds is 11. The summed E-state index contributed by atoms with van der Waals surface area (Å²) in [6, 6.07) is 28.7. The van der Waals surface area contributed by atoms with E-state index in [4.69, 9.17) is 9.47 Å². The number of hydrogen-bond acceptors (Lipinski definition) is 5. The lowest BCUT2D eigenvalue weighted by atomic mass is 10.0. The van der Waals surface area contributed by atoms with E-state index < -0.39 is 6.04 Å². The van der Waals surface area contributed by atoms with Gasteiger partial charge in [-0.25, -0.2) is 0 Å². The van der Waals surface area contributed by atoms with Crippen molar-refractivity contribution in [2.24, 2.45) is 0 Å². The summed E-state index contributed by atoms with van der Waals surface area (Å²) in [6.07, 6.45) is 3.35. The number of aromatic nitrogens is 1. The summed E-state index contributed by atoms with van der Waals surface area (Å²) in [4.78, 5) is 32.9. The quantitative estimate of drug-likeness (QED) is 0.330.